The average Bonchev–Trinajstić information content (AvgIpc) is 2.28. The van der Waals surface area contributed by atoms with Crippen molar-refractivity contribution in [3.63, 3.8) is 0 Å². The van der Waals surface area contributed by atoms with Crippen LogP contribution < -0.4 is 10.5 Å². The van der Waals surface area contributed by atoms with Crippen LogP contribution in [0.5, 0.6) is 5.75 Å². The second-order valence-electron chi connectivity index (χ2n) is 3.30. The largest absolute Gasteiger partial charge is 0.496 e. The summed E-state index contributed by atoms with van der Waals surface area (Å²) in [6.45, 7) is -0.579. The minimum absolute atomic E-state index is 0.0317. The maximum Gasteiger partial charge on any atom is 0.261 e. The molecule has 0 saturated heterocycles. The zero-order chi connectivity index (χ0) is 12.8. The molecular weight excluding hydrogens is 248 g/mol. The van der Waals surface area contributed by atoms with Crippen LogP contribution in [0.4, 0.5) is 8.78 Å². The van der Waals surface area contributed by atoms with Crippen LogP contribution >= 0.6 is 12.2 Å². The lowest BCUT2D eigenvalue weighted by Gasteiger charge is -2.10. The summed E-state index contributed by atoms with van der Waals surface area (Å²) in [5, 5.41) is 0. The summed E-state index contributed by atoms with van der Waals surface area (Å²) in [5.74, 6) is 0.555. The molecule has 1 aromatic carbocycles. The predicted molar refractivity (Wildman–Crippen MR) is 64.5 cm³/mol. The third-order valence-corrected chi connectivity index (χ3v) is 2.30. The zero-order valence-electron chi connectivity index (χ0n) is 9.28. The van der Waals surface area contributed by atoms with Crippen molar-refractivity contribution in [1.29, 1.82) is 0 Å². The van der Waals surface area contributed by atoms with E-state index >= 15 is 0 Å². The van der Waals surface area contributed by atoms with Gasteiger partial charge in [-0.05, 0) is 18.2 Å². The molecule has 0 heterocycles. The number of thiocarbonyl (C=S) groups is 1. The summed E-state index contributed by atoms with van der Waals surface area (Å²) in [7, 11) is 1.49. The van der Waals surface area contributed by atoms with Gasteiger partial charge in [-0.1, -0.05) is 12.2 Å². The van der Waals surface area contributed by atoms with Crippen LogP contribution in [0, 0.1) is 0 Å². The van der Waals surface area contributed by atoms with Gasteiger partial charge in [-0.25, -0.2) is 8.78 Å². The van der Waals surface area contributed by atoms with Gasteiger partial charge in [0.05, 0.1) is 13.7 Å². The molecule has 0 fully saturated rings. The zero-order valence-corrected chi connectivity index (χ0v) is 10.1. The van der Waals surface area contributed by atoms with E-state index in [4.69, 9.17) is 27.4 Å². The van der Waals surface area contributed by atoms with E-state index in [1.807, 2.05) is 0 Å². The molecule has 0 bridgehead atoms. The monoisotopic (exact) mass is 261 g/mol. The number of rotatable bonds is 6. The molecule has 1 rings (SSSR count). The van der Waals surface area contributed by atoms with Gasteiger partial charge in [0.15, 0.2) is 0 Å². The van der Waals surface area contributed by atoms with E-state index < -0.39 is 13.0 Å². The van der Waals surface area contributed by atoms with Crippen molar-refractivity contribution >= 4 is 17.2 Å². The van der Waals surface area contributed by atoms with Crippen molar-refractivity contribution in [2.24, 2.45) is 5.73 Å². The maximum absolute atomic E-state index is 11.9. The van der Waals surface area contributed by atoms with Crippen LogP contribution in [0.15, 0.2) is 18.2 Å². The molecule has 94 valence electrons. The molecule has 0 atom stereocenters. The summed E-state index contributed by atoms with van der Waals surface area (Å²) < 4.78 is 33.8. The molecule has 0 amide bonds. The van der Waals surface area contributed by atoms with Gasteiger partial charge in [-0.15, -0.1) is 0 Å². The first-order chi connectivity index (χ1) is 8.04. The standard InChI is InChI=1S/C11H13F2NO2S/c1-15-9-3-2-7(11(14)17)4-8(9)5-16-6-10(12)13/h2-4,10H,5-6H2,1H3,(H2,14,17). The van der Waals surface area contributed by atoms with E-state index in [1.165, 1.54) is 7.11 Å². The number of methoxy groups -OCH3 is 1. The summed E-state index contributed by atoms with van der Waals surface area (Å²) >= 11 is 4.83. The lowest BCUT2D eigenvalue weighted by atomic mass is 10.1. The van der Waals surface area contributed by atoms with Gasteiger partial charge in [0.2, 0.25) is 0 Å². The number of halogens is 2. The van der Waals surface area contributed by atoms with Gasteiger partial charge in [0.25, 0.3) is 6.43 Å². The van der Waals surface area contributed by atoms with E-state index in [-0.39, 0.29) is 11.6 Å². The van der Waals surface area contributed by atoms with Crippen LogP contribution in [0.25, 0.3) is 0 Å². The lowest BCUT2D eigenvalue weighted by Crippen LogP contribution is -2.11. The fourth-order valence-electron chi connectivity index (χ4n) is 1.30. The van der Waals surface area contributed by atoms with E-state index in [1.54, 1.807) is 18.2 Å². The SMILES string of the molecule is COc1ccc(C(N)=S)cc1COCC(F)F. The highest BCUT2D eigenvalue weighted by Gasteiger charge is 2.08. The minimum Gasteiger partial charge on any atom is -0.496 e. The van der Waals surface area contributed by atoms with Gasteiger partial charge in [0.1, 0.15) is 17.3 Å². The first-order valence-electron chi connectivity index (χ1n) is 4.87. The molecule has 0 aliphatic heterocycles. The van der Waals surface area contributed by atoms with E-state index in [2.05, 4.69) is 0 Å². The third-order valence-electron chi connectivity index (χ3n) is 2.07. The number of hydrogen-bond donors (Lipinski definition) is 1. The van der Waals surface area contributed by atoms with E-state index in [9.17, 15) is 8.78 Å². The molecule has 1 aromatic rings. The number of benzene rings is 1. The first kappa shape index (κ1) is 13.8. The van der Waals surface area contributed by atoms with Crippen molar-refractivity contribution in [1.82, 2.24) is 0 Å². The van der Waals surface area contributed by atoms with Gasteiger partial charge < -0.3 is 15.2 Å². The predicted octanol–water partition coefficient (Wildman–Crippen LogP) is 2.11. The Morgan fingerprint density at radius 2 is 2.18 bits per heavy atom. The Hall–Kier alpha value is -1.27. The smallest absolute Gasteiger partial charge is 0.261 e. The molecule has 0 aromatic heterocycles. The molecule has 0 unspecified atom stereocenters. The van der Waals surface area contributed by atoms with Crippen molar-refractivity contribution in [2.75, 3.05) is 13.7 Å². The van der Waals surface area contributed by atoms with Crippen LogP contribution in [0.3, 0.4) is 0 Å². The first-order valence-corrected chi connectivity index (χ1v) is 5.28. The number of ether oxygens (including phenoxy) is 2. The Labute approximate surface area is 104 Å². The minimum atomic E-state index is -2.49. The van der Waals surface area contributed by atoms with Crippen molar-refractivity contribution in [3.8, 4) is 5.75 Å². The van der Waals surface area contributed by atoms with Crippen LogP contribution in [-0.2, 0) is 11.3 Å². The molecule has 6 heteroatoms. The van der Waals surface area contributed by atoms with Crippen molar-refractivity contribution in [3.05, 3.63) is 29.3 Å². The number of hydrogen-bond acceptors (Lipinski definition) is 3. The second kappa shape index (κ2) is 6.46. The van der Waals surface area contributed by atoms with Crippen molar-refractivity contribution < 1.29 is 18.3 Å². The molecule has 0 spiro atoms. The Balaban J connectivity index is 2.79. The number of alkyl halides is 2. The van der Waals surface area contributed by atoms with Gasteiger partial charge in [-0.2, -0.15) is 0 Å². The molecule has 0 aliphatic rings. The summed E-state index contributed by atoms with van der Waals surface area (Å²) in [5.41, 5.74) is 6.77. The Kier molecular flexibility index (Phi) is 5.24. The molecule has 0 aliphatic carbocycles. The summed E-state index contributed by atoms with van der Waals surface area (Å²) in [6, 6.07) is 5.06. The quantitative estimate of drug-likeness (QED) is 0.797. The summed E-state index contributed by atoms with van der Waals surface area (Å²) in [6.07, 6.45) is -2.49. The van der Waals surface area contributed by atoms with Crippen LogP contribution in [-0.4, -0.2) is 25.1 Å². The lowest BCUT2D eigenvalue weighted by molar-refractivity contribution is 0.00932. The van der Waals surface area contributed by atoms with Crippen LogP contribution in [0.2, 0.25) is 0 Å². The second-order valence-corrected chi connectivity index (χ2v) is 3.74. The van der Waals surface area contributed by atoms with E-state index in [0.717, 1.165) is 0 Å². The van der Waals surface area contributed by atoms with E-state index in [0.29, 0.717) is 16.9 Å². The maximum atomic E-state index is 11.9. The highest BCUT2D eigenvalue weighted by Crippen LogP contribution is 2.21. The highest BCUT2D eigenvalue weighted by atomic mass is 32.1. The number of nitrogens with two attached hydrogens (primary N) is 1. The third kappa shape index (κ3) is 4.24. The summed E-state index contributed by atoms with van der Waals surface area (Å²) in [4.78, 5) is 0.239. The Morgan fingerprint density at radius 1 is 1.47 bits per heavy atom. The molecular formula is C11H13F2NO2S. The Bertz CT molecular complexity index is 399. The Morgan fingerprint density at radius 3 is 2.71 bits per heavy atom. The van der Waals surface area contributed by atoms with Gasteiger partial charge in [-0.3, -0.25) is 0 Å². The van der Waals surface area contributed by atoms with Gasteiger partial charge >= 0.3 is 0 Å². The normalized spacial score (nSPS) is 10.6. The molecule has 3 nitrogen and oxygen atoms in total. The molecule has 17 heavy (non-hydrogen) atoms. The topological polar surface area (TPSA) is 44.5 Å². The highest BCUT2D eigenvalue weighted by molar-refractivity contribution is 7.80. The fourth-order valence-corrected chi connectivity index (χ4v) is 1.43. The molecule has 2 N–H and O–H groups in total. The molecule has 0 saturated carbocycles. The fraction of sp³-hybridized carbons (Fsp3) is 0.364. The van der Waals surface area contributed by atoms with Crippen molar-refractivity contribution in [2.45, 2.75) is 13.0 Å². The molecule has 0 radical (unpaired) electrons. The van der Waals surface area contributed by atoms with Gasteiger partial charge in [0, 0.05) is 11.1 Å². The average molecular weight is 261 g/mol. The van der Waals surface area contributed by atoms with Crippen LogP contribution in [0.1, 0.15) is 11.1 Å².